The van der Waals surface area contributed by atoms with Gasteiger partial charge < -0.3 is 9.84 Å². The lowest BCUT2D eigenvalue weighted by atomic mass is 9.99. The Hall–Kier alpha value is -2.39. The molecule has 0 radical (unpaired) electrons. The first kappa shape index (κ1) is 12.4. The number of fused-ring (bicyclic) bond motifs is 1. The monoisotopic (exact) mass is 277 g/mol. The maximum absolute atomic E-state index is 5.49. The molecule has 2 heterocycles. The second-order valence-electron chi connectivity index (χ2n) is 5.41. The van der Waals surface area contributed by atoms with Gasteiger partial charge in [0.05, 0.1) is 18.5 Å². The molecule has 3 nitrogen and oxygen atoms in total. The minimum atomic E-state index is 0.967. The average molecular weight is 277 g/mol. The molecule has 0 fully saturated rings. The van der Waals surface area contributed by atoms with Crippen LogP contribution in [0.5, 0.6) is 0 Å². The first-order chi connectivity index (χ1) is 10.4. The van der Waals surface area contributed by atoms with E-state index in [9.17, 15) is 0 Å². The molecule has 0 spiro atoms. The second kappa shape index (κ2) is 5.19. The zero-order valence-electron chi connectivity index (χ0n) is 11.8. The molecular formula is C18H17N2O+. The SMILES string of the molecule is c1ccc(-c2ccc(-c3noc4c3C[NH2+]CC4)cc2)cc1. The van der Waals surface area contributed by atoms with Crippen LogP contribution in [-0.4, -0.2) is 11.7 Å². The van der Waals surface area contributed by atoms with E-state index in [-0.39, 0.29) is 0 Å². The molecule has 4 rings (SSSR count). The van der Waals surface area contributed by atoms with Crippen molar-refractivity contribution in [2.75, 3.05) is 6.54 Å². The Balaban J connectivity index is 1.69. The van der Waals surface area contributed by atoms with E-state index in [1.807, 2.05) is 6.07 Å². The number of aromatic nitrogens is 1. The average Bonchev–Trinajstić information content (AvgIpc) is 3.00. The summed E-state index contributed by atoms with van der Waals surface area (Å²) in [6.07, 6.45) is 0.977. The van der Waals surface area contributed by atoms with Gasteiger partial charge in [-0.15, -0.1) is 0 Å². The highest BCUT2D eigenvalue weighted by Gasteiger charge is 2.22. The molecule has 0 atom stereocenters. The van der Waals surface area contributed by atoms with E-state index in [0.29, 0.717) is 0 Å². The van der Waals surface area contributed by atoms with Gasteiger partial charge in [0.1, 0.15) is 12.2 Å². The van der Waals surface area contributed by atoms with Gasteiger partial charge in [-0.1, -0.05) is 59.8 Å². The predicted octanol–water partition coefficient (Wildman–Crippen LogP) is 2.63. The van der Waals surface area contributed by atoms with Crippen molar-refractivity contribution in [1.29, 1.82) is 0 Å². The summed E-state index contributed by atoms with van der Waals surface area (Å²) < 4.78 is 5.49. The summed E-state index contributed by atoms with van der Waals surface area (Å²) in [4.78, 5) is 0. The number of nitrogens with zero attached hydrogens (tertiary/aromatic N) is 1. The fraction of sp³-hybridized carbons (Fsp3) is 0.167. The van der Waals surface area contributed by atoms with Crippen LogP contribution in [0.3, 0.4) is 0 Å². The first-order valence-electron chi connectivity index (χ1n) is 7.37. The molecular weight excluding hydrogens is 260 g/mol. The molecule has 0 saturated heterocycles. The van der Waals surface area contributed by atoms with Gasteiger partial charge in [-0.05, 0) is 11.1 Å². The molecule has 3 aromatic rings. The van der Waals surface area contributed by atoms with E-state index in [1.54, 1.807) is 0 Å². The van der Waals surface area contributed by atoms with Crippen LogP contribution in [0, 0.1) is 0 Å². The molecule has 2 aromatic carbocycles. The van der Waals surface area contributed by atoms with E-state index >= 15 is 0 Å². The maximum atomic E-state index is 5.49. The lowest BCUT2D eigenvalue weighted by molar-refractivity contribution is -0.673. The van der Waals surface area contributed by atoms with Crippen LogP contribution in [-0.2, 0) is 13.0 Å². The van der Waals surface area contributed by atoms with E-state index < -0.39 is 0 Å². The van der Waals surface area contributed by atoms with Gasteiger partial charge in [0.25, 0.3) is 0 Å². The van der Waals surface area contributed by atoms with Crippen molar-refractivity contribution in [2.45, 2.75) is 13.0 Å². The van der Waals surface area contributed by atoms with E-state index in [2.05, 4.69) is 59.0 Å². The minimum Gasteiger partial charge on any atom is -0.360 e. The lowest BCUT2D eigenvalue weighted by Gasteiger charge is -2.08. The molecule has 1 aliphatic heterocycles. The smallest absolute Gasteiger partial charge is 0.151 e. The van der Waals surface area contributed by atoms with Crippen molar-refractivity contribution < 1.29 is 9.84 Å². The normalized spacial score (nSPS) is 13.9. The molecule has 21 heavy (non-hydrogen) atoms. The molecule has 3 heteroatoms. The summed E-state index contributed by atoms with van der Waals surface area (Å²) in [7, 11) is 0. The standard InChI is InChI=1S/C18H16N2O/c1-2-4-13(5-3-1)14-6-8-15(9-7-14)18-16-12-19-11-10-17(16)21-20-18/h1-9,19H,10-12H2/p+1. The van der Waals surface area contributed by atoms with Gasteiger partial charge >= 0.3 is 0 Å². The van der Waals surface area contributed by atoms with Crippen LogP contribution in [0.1, 0.15) is 11.3 Å². The largest absolute Gasteiger partial charge is 0.360 e. The Bertz CT molecular complexity index is 745. The van der Waals surface area contributed by atoms with E-state index in [1.165, 1.54) is 16.7 Å². The lowest BCUT2D eigenvalue weighted by Crippen LogP contribution is -2.84. The molecule has 0 amide bonds. The van der Waals surface area contributed by atoms with Crippen LogP contribution < -0.4 is 5.32 Å². The zero-order chi connectivity index (χ0) is 14.1. The molecule has 2 N–H and O–H groups in total. The number of rotatable bonds is 2. The van der Waals surface area contributed by atoms with Crippen molar-refractivity contribution in [3.8, 4) is 22.4 Å². The summed E-state index contributed by atoms with van der Waals surface area (Å²) in [5, 5.41) is 6.58. The highest BCUT2D eigenvalue weighted by molar-refractivity contribution is 5.70. The van der Waals surface area contributed by atoms with Gasteiger partial charge in [0, 0.05) is 5.56 Å². The highest BCUT2D eigenvalue weighted by atomic mass is 16.5. The zero-order valence-corrected chi connectivity index (χ0v) is 11.8. The van der Waals surface area contributed by atoms with Crippen molar-refractivity contribution in [3.05, 3.63) is 65.9 Å². The Morgan fingerprint density at radius 3 is 2.38 bits per heavy atom. The third-order valence-electron chi connectivity index (χ3n) is 4.06. The molecule has 0 aliphatic carbocycles. The summed E-state index contributed by atoms with van der Waals surface area (Å²) in [5.74, 6) is 1.06. The number of benzene rings is 2. The van der Waals surface area contributed by atoms with Crippen LogP contribution in [0.2, 0.25) is 0 Å². The summed E-state index contributed by atoms with van der Waals surface area (Å²) in [6.45, 7) is 2.06. The Morgan fingerprint density at radius 2 is 1.57 bits per heavy atom. The van der Waals surface area contributed by atoms with E-state index in [0.717, 1.165) is 36.5 Å². The summed E-state index contributed by atoms with van der Waals surface area (Å²) in [5.41, 5.74) is 5.85. The number of quaternary nitrogens is 1. The third-order valence-corrected chi connectivity index (χ3v) is 4.06. The van der Waals surface area contributed by atoms with Gasteiger partial charge in [-0.2, -0.15) is 0 Å². The minimum absolute atomic E-state index is 0.967. The fourth-order valence-electron chi connectivity index (χ4n) is 2.91. The molecule has 0 bridgehead atoms. The third kappa shape index (κ3) is 2.26. The number of hydrogen-bond acceptors (Lipinski definition) is 2. The number of nitrogens with two attached hydrogens (primary N) is 1. The molecule has 1 aromatic heterocycles. The van der Waals surface area contributed by atoms with Crippen LogP contribution >= 0.6 is 0 Å². The second-order valence-corrected chi connectivity index (χ2v) is 5.41. The van der Waals surface area contributed by atoms with Crippen LogP contribution in [0.15, 0.2) is 59.1 Å². The predicted molar refractivity (Wildman–Crippen MR) is 81.6 cm³/mol. The van der Waals surface area contributed by atoms with E-state index in [4.69, 9.17) is 4.52 Å². The van der Waals surface area contributed by atoms with Gasteiger partial charge in [-0.25, -0.2) is 0 Å². The van der Waals surface area contributed by atoms with Gasteiger partial charge in [-0.3, -0.25) is 0 Å². The van der Waals surface area contributed by atoms with Gasteiger partial charge in [0.2, 0.25) is 0 Å². The first-order valence-corrected chi connectivity index (χ1v) is 7.37. The Kier molecular flexibility index (Phi) is 3.05. The molecule has 104 valence electrons. The van der Waals surface area contributed by atoms with Crippen molar-refractivity contribution in [1.82, 2.24) is 5.16 Å². The van der Waals surface area contributed by atoms with Crippen molar-refractivity contribution in [3.63, 3.8) is 0 Å². The van der Waals surface area contributed by atoms with Crippen LogP contribution in [0.4, 0.5) is 0 Å². The Morgan fingerprint density at radius 1 is 0.857 bits per heavy atom. The quantitative estimate of drug-likeness (QED) is 0.782. The number of hydrogen-bond donors (Lipinski definition) is 1. The molecule has 0 unspecified atom stereocenters. The summed E-state index contributed by atoms with van der Waals surface area (Å²) >= 11 is 0. The van der Waals surface area contributed by atoms with Crippen LogP contribution in [0.25, 0.3) is 22.4 Å². The van der Waals surface area contributed by atoms with Crippen molar-refractivity contribution >= 4 is 0 Å². The fourth-order valence-corrected chi connectivity index (χ4v) is 2.91. The molecule has 1 aliphatic rings. The molecule has 0 saturated carbocycles. The highest BCUT2D eigenvalue weighted by Crippen LogP contribution is 2.28. The van der Waals surface area contributed by atoms with Crippen molar-refractivity contribution in [2.24, 2.45) is 0 Å². The Labute approximate surface area is 123 Å². The summed E-state index contributed by atoms with van der Waals surface area (Å²) in [6, 6.07) is 19.0. The topological polar surface area (TPSA) is 42.6 Å². The van der Waals surface area contributed by atoms with Gasteiger partial charge in [0.15, 0.2) is 5.76 Å². The maximum Gasteiger partial charge on any atom is 0.151 e.